The fourth-order valence-electron chi connectivity index (χ4n) is 3.59. The molecule has 1 rings (SSSR count). The van der Waals surface area contributed by atoms with E-state index in [0.717, 1.165) is 0 Å². The zero-order valence-electron chi connectivity index (χ0n) is 19.8. The molecule has 0 aromatic carbocycles. The van der Waals surface area contributed by atoms with Crippen LogP contribution in [0.2, 0.25) is 0 Å². The molecule has 15 heteroatoms. The Morgan fingerprint density at radius 1 is 1.11 bits per heavy atom. The lowest BCUT2D eigenvalue weighted by Crippen LogP contribution is -2.57. The standard InChI is InChI=1S/C20H36N8O6S/c1-35-9-6-12(26-16(30)11(21)4-2-7-25-20(23)24)18(32)28-8-3-5-14(28)17(31)27-13(19(33)34)10-15(22)29/h11-14H,2-10,21H2,1H3,(H2,22,29)(H,26,30)(H,27,31)(H,33,34)(H4,23,24,25). The molecule has 1 aliphatic rings. The first-order chi connectivity index (χ1) is 16.5. The number of nitrogens with one attached hydrogen (secondary N) is 2. The van der Waals surface area contributed by atoms with Crippen LogP contribution in [-0.2, 0) is 24.0 Å². The summed E-state index contributed by atoms with van der Waals surface area (Å²) in [6.45, 7) is 0.580. The molecule has 35 heavy (non-hydrogen) atoms. The van der Waals surface area contributed by atoms with Crippen LogP contribution < -0.4 is 33.6 Å². The number of aliphatic imine (C=N–C) groups is 1. The van der Waals surface area contributed by atoms with E-state index < -0.39 is 60.2 Å². The summed E-state index contributed by atoms with van der Waals surface area (Å²) in [4.78, 5) is 66.3. The van der Waals surface area contributed by atoms with Crippen molar-refractivity contribution in [1.82, 2.24) is 15.5 Å². The average molecular weight is 517 g/mol. The Hall–Kier alpha value is -3.07. The van der Waals surface area contributed by atoms with Gasteiger partial charge < -0.3 is 43.6 Å². The Labute approximate surface area is 208 Å². The van der Waals surface area contributed by atoms with Crippen molar-refractivity contribution in [2.75, 3.05) is 25.1 Å². The topological polar surface area (TPSA) is 249 Å². The number of aliphatic carboxylic acids is 1. The number of carbonyl (C=O) groups is 5. The first-order valence-corrected chi connectivity index (χ1v) is 12.6. The zero-order chi connectivity index (χ0) is 26.5. The number of hydrogen-bond acceptors (Lipinski definition) is 8. The van der Waals surface area contributed by atoms with Gasteiger partial charge in [0.15, 0.2) is 5.96 Å². The molecule has 4 amide bonds. The minimum atomic E-state index is -1.50. The highest BCUT2D eigenvalue weighted by molar-refractivity contribution is 7.98. The molecule has 0 radical (unpaired) electrons. The summed E-state index contributed by atoms with van der Waals surface area (Å²) in [5.74, 6) is -3.45. The van der Waals surface area contributed by atoms with Gasteiger partial charge in [-0.3, -0.25) is 24.2 Å². The quantitative estimate of drug-likeness (QED) is 0.0661. The SMILES string of the molecule is CSCCC(NC(=O)C(N)CCCN=C(N)N)C(=O)N1CCCC1C(=O)NC(CC(N)=O)C(=O)O. The van der Waals surface area contributed by atoms with Gasteiger partial charge in [0.2, 0.25) is 23.6 Å². The number of carbonyl (C=O) groups excluding carboxylic acids is 4. The Morgan fingerprint density at radius 2 is 1.80 bits per heavy atom. The summed E-state index contributed by atoms with van der Waals surface area (Å²) in [6, 6.07) is -4.22. The van der Waals surface area contributed by atoms with Gasteiger partial charge in [-0.2, -0.15) is 11.8 Å². The van der Waals surface area contributed by atoms with Crippen molar-refractivity contribution in [3.8, 4) is 0 Å². The number of carboxylic acids is 1. The van der Waals surface area contributed by atoms with E-state index in [0.29, 0.717) is 44.4 Å². The van der Waals surface area contributed by atoms with Crippen LogP contribution in [0.4, 0.5) is 0 Å². The molecule has 1 aliphatic heterocycles. The van der Waals surface area contributed by atoms with Crippen LogP contribution >= 0.6 is 11.8 Å². The van der Waals surface area contributed by atoms with Crippen LogP contribution in [-0.4, -0.2) is 94.8 Å². The maximum absolute atomic E-state index is 13.3. The van der Waals surface area contributed by atoms with Crippen LogP contribution in [0.5, 0.6) is 0 Å². The van der Waals surface area contributed by atoms with Crippen molar-refractivity contribution in [2.24, 2.45) is 27.9 Å². The van der Waals surface area contributed by atoms with Gasteiger partial charge in [0.05, 0.1) is 12.5 Å². The van der Waals surface area contributed by atoms with Crippen molar-refractivity contribution in [3.05, 3.63) is 0 Å². The van der Waals surface area contributed by atoms with Crippen LogP contribution in [0, 0.1) is 0 Å². The average Bonchev–Trinajstić information content (AvgIpc) is 3.27. The van der Waals surface area contributed by atoms with Gasteiger partial charge in [0.1, 0.15) is 18.1 Å². The summed E-state index contributed by atoms with van der Waals surface area (Å²) in [7, 11) is 0. The fourth-order valence-corrected chi connectivity index (χ4v) is 4.07. The van der Waals surface area contributed by atoms with Gasteiger partial charge in [0, 0.05) is 13.1 Å². The second-order valence-electron chi connectivity index (χ2n) is 8.16. The smallest absolute Gasteiger partial charge is 0.326 e. The lowest BCUT2D eigenvalue weighted by atomic mass is 10.1. The Kier molecular flexibility index (Phi) is 12.9. The molecule has 1 saturated heterocycles. The second-order valence-corrected chi connectivity index (χ2v) is 9.14. The largest absolute Gasteiger partial charge is 0.480 e. The Morgan fingerprint density at radius 3 is 2.37 bits per heavy atom. The predicted molar refractivity (Wildman–Crippen MR) is 131 cm³/mol. The van der Waals surface area contributed by atoms with E-state index in [-0.39, 0.29) is 12.5 Å². The summed E-state index contributed by atoms with van der Waals surface area (Å²) in [6.07, 6.45) is 3.21. The van der Waals surface area contributed by atoms with E-state index in [2.05, 4.69) is 15.6 Å². The molecule has 1 heterocycles. The summed E-state index contributed by atoms with van der Waals surface area (Å²) >= 11 is 1.49. The van der Waals surface area contributed by atoms with Crippen LogP contribution in [0.3, 0.4) is 0 Å². The number of amides is 4. The lowest BCUT2D eigenvalue weighted by molar-refractivity contribution is -0.145. The third kappa shape index (κ3) is 10.4. The molecule has 1 fully saturated rings. The molecule has 11 N–H and O–H groups in total. The molecular weight excluding hydrogens is 480 g/mol. The van der Waals surface area contributed by atoms with Crippen LogP contribution in [0.25, 0.3) is 0 Å². The van der Waals surface area contributed by atoms with Gasteiger partial charge in [-0.05, 0) is 44.1 Å². The number of primary amides is 1. The first kappa shape index (κ1) is 30.0. The fraction of sp³-hybridized carbons (Fsp3) is 0.700. The molecule has 4 unspecified atom stereocenters. The predicted octanol–water partition coefficient (Wildman–Crippen LogP) is -2.96. The molecule has 4 atom stereocenters. The van der Waals surface area contributed by atoms with E-state index >= 15 is 0 Å². The van der Waals surface area contributed by atoms with E-state index in [1.54, 1.807) is 0 Å². The van der Waals surface area contributed by atoms with Crippen molar-refractivity contribution in [1.29, 1.82) is 0 Å². The zero-order valence-corrected chi connectivity index (χ0v) is 20.6. The summed E-state index contributed by atoms with van der Waals surface area (Å²) in [5, 5.41) is 14.2. The molecule has 0 aromatic heterocycles. The van der Waals surface area contributed by atoms with Gasteiger partial charge in [-0.15, -0.1) is 0 Å². The van der Waals surface area contributed by atoms with Crippen molar-refractivity contribution >= 4 is 47.3 Å². The minimum Gasteiger partial charge on any atom is -0.480 e. The van der Waals surface area contributed by atoms with Crippen molar-refractivity contribution < 1.29 is 29.1 Å². The van der Waals surface area contributed by atoms with E-state index in [1.165, 1.54) is 16.7 Å². The summed E-state index contributed by atoms with van der Waals surface area (Å²) < 4.78 is 0. The monoisotopic (exact) mass is 516 g/mol. The number of likely N-dealkylation sites (tertiary alicyclic amines) is 1. The van der Waals surface area contributed by atoms with E-state index in [4.69, 9.17) is 22.9 Å². The molecule has 0 saturated carbocycles. The number of carboxylic acid groups (broad SMARTS) is 1. The molecule has 198 valence electrons. The highest BCUT2D eigenvalue weighted by atomic mass is 32.2. The van der Waals surface area contributed by atoms with E-state index in [1.807, 2.05) is 6.26 Å². The number of rotatable bonds is 15. The normalized spacial score (nSPS) is 17.7. The van der Waals surface area contributed by atoms with Gasteiger partial charge in [-0.25, -0.2) is 4.79 Å². The molecule has 14 nitrogen and oxygen atoms in total. The lowest BCUT2D eigenvalue weighted by Gasteiger charge is -2.30. The first-order valence-electron chi connectivity index (χ1n) is 11.2. The van der Waals surface area contributed by atoms with Crippen LogP contribution in [0.15, 0.2) is 4.99 Å². The second kappa shape index (κ2) is 15.0. The molecule has 0 spiro atoms. The highest BCUT2D eigenvalue weighted by Crippen LogP contribution is 2.20. The summed E-state index contributed by atoms with van der Waals surface area (Å²) in [5.41, 5.74) is 21.5. The van der Waals surface area contributed by atoms with Crippen molar-refractivity contribution in [3.63, 3.8) is 0 Å². The molecule has 0 aliphatic carbocycles. The third-order valence-corrected chi connectivity index (χ3v) is 6.03. The maximum atomic E-state index is 13.3. The van der Waals surface area contributed by atoms with E-state index in [9.17, 15) is 29.1 Å². The number of nitrogens with zero attached hydrogens (tertiary/aromatic N) is 2. The molecule has 0 bridgehead atoms. The van der Waals surface area contributed by atoms with Crippen LogP contribution in [0.1, 0.15) is 38.5 Å². The van der Waals surface area contributed by atoms with Gasteiger partial charge >= 0.3 is 5.97 Å². The maximum Gasteiger partial charge on any atom is 0.326 e. The highest BCUT2D eigenvalue weighted by Gasteiger charge is 2.39. The van der Waals surface area contributed by atoms with Crippen molar-refractivity contribution in [2.45, 2.75) is 62.7 Å². The number of nitrogens with two attached hydrogens (primary N) is 4. The molecule has 0 aromatic rings. The third-order valence-electron chi connectivity index (χ3n) is 5.39. The number of guanidine groups is 1. The molecular formula is C20H36N8O6S. The van der Waals surface area contributed by atoms with Gasteiger partial charge in [-0.1, -0.05) is 0 Å². The number of thioether (sulfide) groups is 1. The number of hydrogen-bond donors (Lipinski definition) is 7. The van der Waals surface area contributed by atoms with Gasteiger partial charge in [0.25, 0.3) is 0 Å². The Bertz CT molecular complexity index is 806. The minimum absolute atomic E-state index is 0.0562. The Balaban J connectivity index is 2.86.